The zero-order chi connectivity index (χ0) is 26.9. The molecule has 0 fully saturated rings. The van der Waals surface area contributed by atoms with Gasteiger partial charge in [-0.2, -0.15) is 0 Å². The second-order valence-corrected chi connectivity index (χ2v) is 8.65. The van der Waals surface area contributed by atoms with Crippen molar-refractivity contribution in [3.63, 3.8) is 0 Å². The number of methoxy groups -OCH3 is 1. The lowest BCUT2D eigenvalue weighted by molar-refractivity contribution is -0.148. The third-order valence-electron chi connectivity index (χ3n) is 5.60. The average molecular weight is 508 g/mol. The minimum absolute atomic E-state index is 0.115. The summed E-state index contributed by atoms with van der Waals surface area (Å²) in [5.41, 5.74) is 0.668. The highest BCUT2D eigenvalue weighted by Gasteiger charge is 2.22. The van der Waals surface area contributed by atoms with Crippen molar-refractivity contribution in [2.45, 2.75) is 85.1 Å². The molecule has 202 valence electrons. The van der Waals surface area contributed by atoms with E-state index in [2.05, 4.69) is 5.32 Å². The summed E-state index contributed by atoms with van der Waals surface area (Å²) in [5, 5.41) is 3.04. The number of carbonyl (C=O) groups is 4. The molecule has 1 N–H and O–H groups in total. The van der Waals surface area contributed by atoms with Crippen molar-refractivity contribution in [1.82, 2.24) is 5.32 Å². The molecule has 0 saturated heterocycles. The Kier molecular flexibility index (Phi) is 15.1. The predicted molar refractivity (Wildman–Crippen MR) is 135 cm³/mol. The average Bonchev–Trinajstić information content (AvgIpc) is 2.88. The Morgan fingerprint density at radius 1 is 0.889 bits per heavy atom. The molecule has 1 rings (SSSR count). The molecule has 0 aliphatic rings. The van der Waals surface area contributed by atoms with E-state index in [0.29, 0.717) is 24.8 Å². The number of benzene rings is 1. The molecule has 1 aromatic carbocycles. The molecule has 9 heteroatoms. The van der Waals surface area contributed by atoms with Crippen LogP contribution in [0.3, 0.4) is 0 Å². The van der Waals surface area contributed by atoms with Crippen LogP contribution in [0.15, 0.2) is 18.2 Å². The van der Waals surface area contributed by atoms with Crippen LogP contribution in [-0.2, 0) is 35.1 Å². The molecule has 36 heavy (non-hydrogen) atoms. The number of hydrogen-bond acceptors (Lipinski definition) is 9. The summed E-state index contributed by atoms with van der Waals surface area (Å²) >= 11 is 0. The van der Waals surface area contributed by atoms with Crippen LogP contribution in [0.5, 0.6) is 11.5 Å². The van der Waals surface area contributed by atoms with Gasteiger partial charge in [-0.15, -0.1) is 0 Å². The van der Waals surface area contributed by atoms with Crippen LogP contribution in [0.1, 0.15) is 78.2 Å². The number of carbonyl (C=O) groups excluding carboxylic acids is 4. The maximum absolute atomic E-state index is 12.3. The van der Waals surface area contributed by atoms with Gasteiger partial charge in [0.1, 0.15) is 12.6 Å². The quantitative estimate of drug-likeness (QED) is 0.189. The lowest BCUT2D eigenvalue weighted by atomic mass is 10.0. The second-order valence-electron chi connectivity index (χ2n) is 8.65. The van der Waals surface area contributed by atoms with Gasteiger partial charge in [0, 0.05) is 19.4 Å². The van der Waals surface area contributed by atoms with Gasteiger partial charge >= 0.3 is 23.9 Å². The summed E-state index contributed by atoms with van der Waals surface area (Å²) in [5.74, 6) is -1.50. The molecule has 0 amide bonds. The van der Waals surface area contributed by atoms with Crippen molar-refractivity contribution in [3.05, 3.63) is 23.8 Å². The predicted octanol–water partition coefficient (Wildman–Crippen LogP) is 4.14. The highest BCUT2D eigenvalue weighted by Crippen LogP contribution is 2.30. The molecule has 0 aromatic heterocycles. The van der Waals surface area contributed by atoms with Gasteiger partial charge in [0.2, 0.25) is 0 Å². The van der Waals surface area contributed by atoms with E-state index in [0.717, 1.165) is 12.8 Å². The Labute approximate surface area is 214 Å². The Morgan fingerprint density at radius 2 is 1.50 bits per heavy atom. The van der Waals surface area contributed by atoms with E-state index in [1.807, 2.05) is 20.8 Å². The van der Waals surface area contributed by atoms with Crippen LogP contribution < -0.4 is 14.8 Å². The zero-order valence-electron chi connectivity index (χ0n) is 22.2. The van der Waals surface area contributed by atoms with Crippen molar-refractivity contribution in [1.29, 1.82) is 0 Å². The fourth-order valence-electron chi connectivity index (χ4n) is 3.14. The number of nitrogens with one attached hydrogen (secondary N) is 1. The maximum Gasteiger partial charge on any atom is 0.323 e. The lowest BCUT2D eigenvalue weighted by Gasteiger charge is -2.18. The third kappa shape index (κ3) is 11.7. The van der Waals surface area contributed by atoms with Crippen LogP contribution in [-0.4, -0.2) is 50.2 Å². The lowest BCUT2D eigenvalue weighted by Crippen LogP contribution is -2.41. The monoisotopic (exact) mass is 507 g/mol. The van der Waals surface area contributed by atoms with Gasteiger partial charge in [-0.05, 0) is 43.4 Å². The number of ether oxygens (including phenoxy) is 4. The number of rotatable bonds is 17. The second kappa shape index (κ2) is 17.5. The highest BCUT2D eigenvalue weighted by molar-refractivity contribution is 5.77. The minimum atomic E-state index is -0.723. The molecule has 0 aliphatic carbocycles. The van der Waals surface area contributed by atoms with Gasteiger partial charge in [0.25, 0.3) is 0 Å². The van der Waals surface area contributed by atoms with Crippen LogP contribution >= 0.6 is 0 Å². The Hall–Kier alpha value is -2.94. The number of hydrogen-bond donors (Lipinski definition) is 1. The van der Waals surface area contributed by atoms with E-state index in [4.69, 9.17) is 18.9 Å². The first-order chi connectivity index (χ1) is 17.2. The third-order valence-corrected chi connectivity index (χ3v) is 5.60. The molecule has 1 unspecified atom stereocenters. The molecular weight excluding hydrogens is 466 g/mol. The largest absolute Gasteiger partial charge is 0.468 e. The van der Waals surface area contributed by atoms with Crippen LogP contribution in [0.4, 0.5) is 0 Å². The molecule has 1 aromatic rings. The summed E-state index contributed by atoms with van der Waals surface area (Å²) in [7, 11) is 1.29. The smallest absolute Gasteiger partial charge is 0.323 e. The molecule has 2 atom stereocenters. The molecular formula is C27H41NO8. The SMILES string of the molecule is CCCCC(=O)Oc1ccc(C[C@H](NCCOC(=O)C(C)CC)C(=O)OC)cc1OC(=O)CCCC. The number of esters is 4. The fourth-order valence-corrected chi connectivity index (χ4v) is 3.14. The summed E-state index contributed by atoms with van der Waals surface area (Å²) in [6.07, 6.45) is 4.48. The van der Waals surface area contributed by atoms with Crippen LogP contribution in [0.25, 0.3) is 0 Å². The molecule has 0 bridgehead atoms. The normalized spacial score (nSPS) is 12.4. The summed E-state index contributed by atoms with van der Waals surface area (Å²) < 4.78 is 21.1. The van der Waals surface area contributed by atoms with Gasteiger partial charge in [0.05, 0.1) is 13.0 Å². The maximum atomic E-state index is 12.3. The van der Waals surface area contributed by atoms with Gasteiger partial charge < -0.3 is 24.3 Å². The van der Waals surface area contributed by atoms with E-state index in [9.17, 15) is 19.2 Å². The Balaban J connectivity index is 2.96. The first-order valence-corrected chi connectivity index (χ1v) is 12.8. The number of unbranched alkanes of at least 4 members (excludes halogenated alkanes) is 2. The molecule has 9 nitrogen and oxygen atoms in total. The van der Waals surface area contributed by atoms with Crippen molar-refractivity contribution in [2.75, 3.05) is 20.3 Å². The summed E-state index contributed by atoms with van der Waals surface area (Å²) in [4.78, 5) is 48.6. The molecule has 0 aliphatic heterocycles. The summed E-state index contributed by atoms with van der Waals surface area (Å²) in [6.45, 7) is 8.02. The highest BCUT2D eigenvalue weighted by atomic mass is 16.6. The fraction of sp³-hybridized carbons (Fsp3) is 0.630. The van der Waals surface area contributed by atoms with Gasteiger partial charge in [-0.25, -0.2) is 0 Å². The minimum Gasteiger partial charge on any atom is -0.468 e. The topological polar surface area (TPSA) is 117 Å². The Morgan fingerprint density at radius 3 is 2.06 bits per heavy atom. The summed E-state index contributed by atoms with van der Waals surface area (Å²) in [6, 6.07) is 4.13. The first kappa shape index (κ1) is 31.1. The molecule has 0 heterocycles. The van der Waals surface area contributed by atoms with Crippen LogP contribution in [0.2, 0.25) is 0 Å². The van der Waals surface area contributed by atoms with Crippen molar-refractivity contribution in [2.24, 2.45) is 5.92 Å². The van der Waals surface area contributed by atoms with E-state index in [-0.39, 0.29) is 55.8 Å². The zero-order valence-corrected chi connectivity index (χ0v) is 22.2. The molecule has 0 spiro atoms. The van der Waals surface area contributed by atoms with Crippen molar-refractivity contribution in [3.8, 4) is 11.5 Å². The molecule has 0 radical (unpaired) electrons. The van der Waals surface area contributed by atoms with E-state index in [1.165, 1.54) is 7.11 Å². The van der Waals surface area contributed by atoms with Crippen LogP contribution in [0, 0.1) is 5.92 Å². The van der Waals surface area contributed by atoms with Crippen molar-refractivity contribution >= 4 is 23.9 Å². The van der Waals surface area contributed by atoms with Gasteiger partial charge in [0.15, 0.2) is 11.5 Å². The van der Waals surface area contributed by atoms with Crippen molar-refractivity contribution < 1.29 is 38.1 Å². The van der Waals surface area contributed by atoms with E-state index in [1.54, 1.807) is 25.1 Å². The molecule has 0 saturated carbocycles. The van der Waals surface area contributed by atoms with Gasteiger partial charge in [-0.1, -0.05) is 46.6 Å². The first-order valence-electron chi connectivity index (χ1n) is 12.8. The van der Waals surface area contributed by atoms with E-state index >= 15 is 0 Å². The Bertz CT molecular complexity index is 854. The van der Waals surface area contributed by atoms with Gasteiger partial charge in [-0.3, -0.25) is 19.2 Å². The van der Waals surface area contributed by atoms with E-state index < -0.39 is 23.9 Å². The standard InChI is InChI=1S/C27H41NO8/c1-6-9-11-24(29)35-22-14-13-20(18-23(22)36-25(30)12-10-7-2)17-21(27(32)33-5)28-15-16-34-26(31)19(4)8-3/h13-14,18-19,21,28H,6-12,15-17H2,1-5H3/t19?,21-/m0/s1.